The molecule has 0 aromatic heterocycles. The molecule has 2 aliphatic rings. The number of amides is 1. The van der Waals surface area contributed by atoms with E-state index < -0.39 is 5.91 Å². The minimum absolute atomic E-state index is 0.0390. The molecule has 33 heavy (non-hydrogen) atoms. The number of benzene rings is 2. The van der Waals surface area contributed by atoms with Crippen molar-refractivity contribution in [1.82, 2.24) is 5.01 Å². The van der Waals surface area contributed by atoms with Gasteiger partial charge in [-0.05, 0) is 60.5 Å². The molecule has 170 valence electrons. The van der Waals surface area contributed by atoms with Gasteiger partial charge in [0.05, 0.1) is 5.57 Å². The van der Waals surface area contributed by atoms with E-state index in [9.17, 15) is 4.79 Å². The van der Waals surface area contributed by atoms with Gasteiger partial charge < -0.3 is 9.47 Å². The Morgan fingerprint density at radius 2 is 1.73 bits per heavy atom. The fourth-order valence-electron chi connectivity index (χ4n) is 3.40. The Hall–Kier alpha value is -3.39. The summed E-state index contributed by atoms with van der Waals surface area (Å²) in [5.74, 6) is 1.42. The Kier molecular flexibility index (Phi) is 6.65. The average molecular weight is 463 g/mol. The van der Waals surface area contributed by atoms with Gasteiger partial charge in [0.25, 0.3) is 5.91 Å². The molecule has 0 unspecified atom stereocenters. The van der Waals surface area contributed by atoms with Crippen molar-refractivity contribution in [2.75, 3.05) is 13.2 Å². The van der Waals surface area contributed by atoms with Crippen molar-refractivity contribution < 1.29 is 14.3 Å². The van der Waals surface area contributed by atoms with Gasteiger partial charge in [-0.25, -0.2) is 0 Å². The van der Waals surface area contributed by atoms with Crippen molar-refractivity contribution in [3.05, 3.63) is 64.7 Å². The molecule has 1 amide bonds. The quantitative estimate of drug-likeness (QED) is 0.460. The Morgan fingerprint density at radius 3 is 2.39 bits per heavy atom. The van der Waals surface area contributed by atoms with Crippen LogP contribution in [0.25, 0.3) is 6.08 Å². The third kappa shape index (κ3) is 5.01. The summed E-state index contributed by atoms with van der Waals surface area (Å²) in [5, 5.41) is 15.6. The fraction of sp³-hybridized carbons (Fsp3) is 0.280. The van der Waals surface area contributed by atoms with Crippen LogP contribution >= 0.6 is 11.8 Å². The number of amidine groups is 2. The second-order valence-electron chi connectivity index (χ2n) is 8.10. The van der Waals surface area contributed by atoms with Gasteiger partial charge in [0.15, 0.2) is 5.84 Å². The monoisotopic (exact) mass is 462 g/mol. The standard InChI is InChI=1S/C25H26N4O3S/c1-15(2)24-28-29-22(26)20(23(30)27-25(29)33-24)14-18-8-10-19(11-9-18)31-12-13-32-21-16(3)6-5-7-17(21)4/h5-11,14-15,26H,12-13H2,1-4H3. The molecule has 2 heterocycles. The van der Waals surface area contributed by atoms with Gasteiger partial charge in [-0.15, -0.1) is 0 Å². The van der Waals surface area contributed by atoms with E-state index in [2.05, 4.69) is 10.1 Å². The maximum atomic E-state index is 12.5. The zero-order chi connectivity index (χ0) is 23.5. The van der Waals surface area contributed by atoms with Gasteiger partial charge in [-0.2, -0.15) is 15.1 Å². The number of hydrazone groups is 1. The van der Waals surface area contributed by atoms with Crippen LogP contribution in [0.15, 0.2) is 58.1 Å². The van der Waals surface area contributed by atoms with E-state index in [1.165, 1.54) is 16.8 Å². The number of hydrogen-bond acceptors (Lipinski definition) is 6. The topological polar surface area (TPSA) is 87.3 Å². The molecule has 1 N–H and O–H groups in total. The molecule has 0 aliphatic carbocycles. The largest absolute Gasteiger partial charge is 0.490 e. The van der Waals surface area contributed by atoms with Crippen LogP contribution < -0.4 is 9.47 Å². The number of carbonyl (C=O) groups is 1. The zero-order valence-corrected chi connectivity index (χ0v) is 19.9. The molecule has 0 radical (unpaired) electrons. The summed E-state index contributed by atoms with van der Waals surface area (Å²) in [4.78, 5) is 16.6. The number of carbonyl (C=O) groups excluding carboxylic acids is 1. The summed E-state index contributed by atoms with van der Waals surface area (Å²) in [6, 6.07) is 13.4. The minimum Gasteiger partial charge on any atom is -0.490 e. The van der Waals surface area contributed by atoms with Crippen molar-refractivity contribution in [1.29, 1.82) is 5.41 Å². The number of aliphatic imine (C=N–C) groups is 1. The van der Waals surface area contributed by atoms with Crippen LogP contribution in [-0.4, -0.2) is 40.2 Å². The van der Waals surface area contributed by atoms with Crippen LogP contribution in [0, 0.1) is 25.2 Å². The fourth-order valence-corrected chi connectivity index (χ4v) is 4.29. The van der Waals surface area contributed by atoms with E-state index in [-0.39, 0.29) is 17.3 Å². The first-order chi connectivity index (χ1) is 15.8. The highest BCUT2D eigenvalue weighted by Crippen LogP contribution is 2.31. The molecular weight excluding hydrogens is 436 g/mol. The van der Waals surface area contributed by atoms with Gasteiger partial charge in [0, 0.05) is 5.92 Å². The van der Waals surface area contributed by atoms with Crippen molar-refractivity contribution in [2.45, 2.75) is 27.7 Å². The molecule has 2 aliphatic heterocycles. The molecule has 7 nitrogen and oxygen atoms in total. The lowest BCUT2D eigenvalue weighted by Gasteiger charge is -2.20. The zero-order valence-electron chi connectivity index (χ0n) is 19.1. The maximum Gasteiger partial charge on any atom is 0.283 e. The molecule has 0 saturated heterocycles. The Balaban J connectivity index is 1.37. The summed E-state index contributed by atoms with van der Waals surface area (Å²) < 4.78 is 11.6. The first-order valence-corrected chi connectivity index (χ1v) is 11.6. The predicted molar refractivity (Wildman–Crippen MR) is 133 cm³/mol. The van der Waals surface area contributed by atoms with Crippen molar-refractivity contribution in [3.63, 3.8) is 0 Å². The molecular formula is C25H26N4O3S. The summed E-state index contributed by atoms with van der Waals surface area (Å²) in [5.41, 5.74) is 3.19. The summed E-state index contributed by atoms with van der Waals surface area (Å²) >= 11 is 1.34. The van der Waals surface area contributed by atoms with Crippen molar-refractivity contribution in [3.8, 4) is 11.5 Å². The summed E-state index contributed by atoms with van der Waals surface area (Å²) in [6.45, 7) is 8.95. The summed E-state index contributed by atoms with van der Waals surface area (Å²) in [7, 11) is 0. The number of nitrogens with one attached hydrogen (secondary N) is 1. The van der Waals surface area contributed by atoms with Crippen LogP contribution in [0.5, 0.6) is 11.5 Å². The minimum atomic E-state index is -0.428. The SMILES string of the molecule is Cc1cccc(C)c1OCCOc1ccc(C=C2C(=N)N3N=C(C(C)C)SC3=NC2=O)cc1. The number of para-hydroxylation sites is 1. The highest BCUT2D eigenvalue weighted by Gasteiger charge is 2.36. The summed E-state index contributed by atoms with van der Waals surface area (Å²) in [6.07, 6.45) is 1.66. The molecule has 8 heteroatoms. The van der Waals surface area contributed by atoms with Gasteiger partial charge >= 0.3 is 0 Å². The average Bonchev–Trinajstić information content (AvgIpc) is 3.21. The predicted octanol–water partition coefficient (Wildman–Crippen LogP) is 5.04. The second kappa shape index (κ2) is 9.62. The van der Waals surface area contributed by atoms with Crippen LogP contribution in [0.3, 0.4) is 0 Å². The smallest absolute Gasteiger partial charge is 0.283 e. The van der Waals surface area contributed by atoms with Crippen LogP contribution in [0.2, 0.25) is 0 Å². The molecule has 2 aromatic rings. The van der Waals surface area contributed by atoms with Crippen LogP contribution in [0.1, 0.15) is 30.5 Å². The highest BCUT2D eigenvalue weighted by molar-refractivity contribution is 8.27. The molecule has 4 rings (SSSR count). The number of nitrogens with zero attached hydrogens (tertiary/aromatic N) is 3. The van der Waals surface area contributed by atoms with Gasteiger partial charge in [0.1, 0.15) is 29.8 Å². The number of fused-ring (bicyclic) bond motifs is 1. The lowest BCUT2D eigenvalue weighted by atomic mass is 10.1. The second-order valence-corrected chi connectivity index (χ2v) is 9.09. The van der Waals surface area contributed by atoms with Gasteiger partial charge in [-0.1, -0.05) is 44.2 Å². The molecule has 0 bridgehead atoms. The maximum absolute atomic E-state index is 12.5. The Labute approximate surface area is 197 Å². The number of aryl methyl sites for hydroxylation is 2. The lowest BCUT2D eigenvalue weighted by Crippen LogP contribution is -2.35. The Bertz CT molecular complexity index is 1160. The van der Waals surface area contributed by atoms with Gasteiger partial charge in [0.2, 0.25) is 5.17 Å². The number of ether oxygens (including phenoxy) is 2. The molecule has 0 spiro atoms. The van der Waals surface area contributed by atoms with E-state index in [4.69, 9.17) is 14.9 Å². The van der Waals surface area contributed by atoms with Crippen molar-refractivity contribution in [2.24, 2.45) is 16.0 Å². The third-order valence-corrected chi connectivity index (χ3v) is 6.37. The number of rotatable bonds is 7. The van der Waals surface area contributed by atoms with Crippen molar-refractivity contribution >= 4 is 39.8 Å². The van der Waals surface area contributed by atoms with E-state index in [1.807, 2.05) is 70.2 Å². The normalized spacial score (nSPS) is 16.8. The lowest BCUT2D eigenvalue weighted by molar-refractivity contribution is -0.114. The molecule has 0 saturated carbocycles. The first kappa shape index (κ1) is 22.8. The number of hydrogen-bond donors (Lipinski definition) is 1. The van der Waals surface area contributed by atoms with E-state index >= 15 is 0 Å². The Morgan fingerprint density at radius 1 is 1.06 bits per heavy atom. The molecule has 0 atom stereocenters. The van der Waals surface area contributed by atoms with Crippen LogP contribution in [0.4, 0.5) is 0 Å². The molecule has 2 aromatic carbocycles. The highest BCUT2D eigenvalue weighted by atomic mass is 32.2. The number of thioether (sulfide) groups is 1. The first-order valence-electron chi connectivity index (χ1n) is 10.8. The molecule has 0 fully saturated rings. The van der Waals surface area contributed by atoms with Crippen LogP contribution in [-0.2, 0) is 4.79 Å². The van der Waals surface area contributed by atoms with E-state index in [1.54, 1.807) is 6.08 Å². The van der Waals surface area contributed by atoms with Gasteiger partial charge in [-0.3, -0.25) is 10.2 Å². The van der Waals surface area contributed by atoms with E-state index in [0.29, 0.717) is 24.1 Å². The van der Waals surface area contributed by atoms with E-state index in [0.717, 1.165) is 27.5 Å². The third-order valence-electron chi connectivity index (χ3n) is 5.16.